The van der Waals surface area contributed by atoms with Gasteiger partial charge < -0.3 is 10.6 Å². The molecule has 4 atom stereocenters. The number of hydrogen-bond donors (Lipinski definition) is 2. The van der Waals surface area contributed by atoms with Gasteiger partial charge in [0.05, 0.1) is 17.8 Å². The molecule has 1 aromatic carbocycles. The fourth-order valence-corrected chi connectivity index (χ4v) is 4.26. The molecule has 2 heterocycles. The quantitative estimate of drug-likeness (QED) is 0.862. The van der Waals surface area contributed by atoms with E-state index in [0.29, 0.717) is 12.0 Å². The molecule has 2 N–H and O–H groups in total. The molecule has 1 aliphatic heterocycles. The van der Waals surface area contributed by atoms with Gasteiger partial charge in [0.1, 0.15) is 0 Å². The summed E-state index contributed by atoms with van der Waals surface area (Å²) in [6.07, 6.45) is 9.78. The van der Waals surface area contributed by atoms with Crippen molar-refractivity contribution in [2.75, 3.05) is 0 Å². The van der Waals surface area contributed by atoms with Gasteiger partial charge in [0.2, 0.25) is 5.91 Å². The molecule has 4 unspecified atom stereocenters. The number of benzene rings is 1. The van der Waals surface area contributed by atoms with Crippen LogP contribution in [0.4, 0.5) is 0 Å². The molecule has 1 aliphatic carbocycles. The zero-order valence-electron chi connectivity index (χ0n) is 15.1. The molecular weight excluding hydrogens is 348 g/mol. The summed E-state index contributed by atoms with van der Waals surface area (Å²) in [6.45, 7) is 2.04. The van der Waals surface area contributed by atoms with Gasteiger partial charge >= 0.3 is 0 Å². The molecule has 2 aliphatic rings. The highest BCUT2D eigenvalue weighted by atomic mass is 35.5. The lowest BCUT2D eigenvalue weighted by Gasteiger charge is -2.24. The lowest BCUT2D eigenvalue weighted by Crippen LogP contribution is -2.43. The number of carbonyl (C=O) groups excluding carboxylic acids is 1. The number of hydrogen-bond acceptors (Lipinski definition) is 3. The molecule has 6 heteroatoms. The molecule has 140 valence electrons. The number of nitrogens with zero attached hydrogens (tertiary/aromatic N) is 2. The van der Waals surface area contributed by atoms with Crippen LogP contribution in [0.5, 0.6) is 0 Å². The van der Waals surface area contributed by atoms with E-state index in [1.165, 1.54) is 25.7 Å². The molecule has 1 aromatic heterocycles. The van der Waals surface area contributed by atoms with Crippen molar-refractivity contribution in [1.29, 1.82) is 0 Å². The first-order valence-electron chi connectivity index (χ1n) is 9.37. The van der Waals surface area contributed by atoms with Crippen molar-refractivity contribution in [3.63, 3.8) is 0 Å². The Bertz CT molecular complexity index is 702. The second-order valence-electron chi connectivity index (χ2n) is 7.38. The van der Waals surface area contributed by atoms with Crippen molar-refractivity contribution in [1.82, 2.24) is 20.4 Å². The van der Waals surface area contributed by atoms with E-state index in [2.05, 4.69) is 27.9 Å². The minimum Gasteiger partial charge on any atom is -0.348 e. The Morgan fingerprint density at radius 1 is 1.27 bits per heavy atom. The number of halogens is 1. The van der Waals surface area contributed by atoms with Gasteiger partial charge in [-0.15, -0.1) is 12.4 Å². The van der Waals surface area contributed by atoms with E-state index in [9.17, 15) is 4.79 Å². The summed E-state index contributed by atoms with van der Waals surface area (Å²) < 4.78 is 1.83. The third-order valence-corrected chi connectivity index (χ3v) is 5.70. The van der Waals surface area contributed by atoms with Crippen LogP contribution in [0.2, 0.25) is 0 Å². The topological polar surface area (TPSA) is 59.0 Å². The molecular formula is C20H27ClN4O. The first-order valence-corrected chi connectivity index (χ1v) is 9.37. The predicted molar refractivity (Wildman–Crippen MR) is 105 cm³/mol. The average Bonchev–Trinajstić information content (AvgIpc) is 3.31. The Morgan fingerprint density at radius 3 is 2.73 bits per heavy atom. The highest BCUT2D eigenvalue weighted by Crippen LogP contribution is 2.33. The van der Waals surface area contributed by atoms with Crippen molar-refractivity contribution in [3.8, 4) is 5.69 Å². The maximum Gasteiger partial charge on any atom is 0.237 e. The van der Waals surface area contributed by atoms with Crippen LogP contribution < -0.4 is 10.6 Å². The third-order valence-electron chi connectivity index (χ3n) is 5.70. The second-order valence-corrected chi connectivity index (χ2v) is 7.38. The molecule has 2 aromatic rings. The first-order chi connectivity index (χ1) is 12.2. The molecule has 0 spiro atoms. The van der Waals surface area contributed by atoms with Gasteiger partial charge in [-0.25, -0.2) is 4.68 Å². The van der Waals surface area contributed by atoms with Crippen LogP contribution in [0.3, 0.4) is 0 Å². The number of rotatable bonds is 4. The molecule has 26 heavy (non-hydrogen) atoms. The summed E-state index contributed by atoms with van der Waals surface area (Å²) in [5.74, 6) is 0.825. The van der Waals surface area contributed by atoms with E-state index < -0.39 is 0 Å². The van der Waals surface area contributed by atoms with E-state index in [4.69, 9.17) is 0 Å². The molecule has 5 nitrogen and oxygen atoms in total. The highest BCUT2D eigenvalue weighted by molar-refractivity contribution is 5.85. The molecule has 4 rings (SSSR count). The number of fused-ring (bicyclic) bond motifs is 1. The van der Waals surface area contributed by atoms with Crippen LogP contribution in [0.25, 0.3) is 5.69 Å². The van der Waals surface area contributed by atoms with Crippen LogP contribution in [-0.2, 0) is 4.79 Å². The van der Waals surface area contributed by atoms with E-state index in [1.54, 1.807) is 6.20 Å². The molecule has 0 bridgehead atoms. The number of aromatic nitrogens is 2. The van der Waals surface area contributed by atoms with Gasteiger partial charge in [0.25, 0.3) is 0 Å². The molecule has 1 amide bonds. The summed E-state index contributed by atoms with van der Waals surface area (Å²) in [7, 11) is 0. The number of nitrogens with one attached hydrogen (secondary N) is 2. The predicted octanol–water partition coefficient (Wildman–Crippen LogP) is 3.39. The molecule has 1 saturated heterocycles. The summed E-state index contributed by atoms with van der Waals surface area (Å²) in [6, 6.07) is 10.6. The monoisotopic (exact) mass is 374 g/mol. The molecule has 2 fully saturated rings. The minimum absolute atomic E-state index is 0. The summed E-state index contributed by atoms with van der Waals surface area (Å²) in [4.78, 5) is 12.6. The fraction of sp³-hybridized carbons (Fsp3) is 0.500. The number of carbonyl (C=O) groups is 1. The van der Waals surface area contributed by atoms with Crippen LogP contribution in [0.1, 0.15) is 50.6 Å². The van der Waals surface area contributed by atoms with Gasteiger partial charge in [0, 0.05) is 18.4 Å². The molecule has 1 saturated carbocycles. The van der Waals surface area contributed by atoms with Gasteiger partial charge in [-0.2, -0.15) is 5.10 Å². The summed E-state index contributed by atoms with van der Waals surface area (Å²) in [5, 5.41) is 11.0. The van der Waals surface area contributed by atoms with Gasteiger partial charge in [-0.3, -0.25) is 4.79 Å². The van der Waals surface area contributed by atoms with Crippen molar-refractivity contribution < 1.29 is 4.79 Å². The van der Waals surface area contributed by atoms with Crippen LogP contribution in [-0.4, -0.2) is 27.8 Å². The lowest BCUT2D eigenvalue weighted by atomic mass is 9.85. The van der Waals surface area contributed by atoms with Crippen LogP contribution in [0, 0.1) is 5.92 Å². The average molecular weight is 375 g/mol. The van der Waals surface area contributed by atoms with E-state index in [1.807, 2.05) is 36.0 Å². The third kappa shape index (κ3) is 3.94. The van der Waals surface area contributed by atoms with Crippen LogP contribution in [0.15, 0.2) is 42.7 Å². The fourth-order valence-electron chi connectivity index (χ4n) is 4.26. The Balaban J connectivity index is 0.00000196. The highest BCUT2D eigenvalue weighted by Gasteiger charge is 2.38. The second kappa shape index (κ2) is 8.23. The van der Waals surface area contributed by atoms with Crippen molar-refractivity contribution in [3.05, 3.63) is 48.3 Å². The SMILES string of the molecule is CC(NC(=O)C1CC2CCCCC2N1)c1ccc(-n2cccn2)cc1.Cl. The Labute approximate surface area is 161 Å². The zero-order chi connectivity index (χ0) is 17.2. The lowest BCUT2D eigenvalue weighted by molar-refractivity contribution is -0.123. The number of amides is 1. The smallest absolute Gasteiger partial charge is 0.237 e. The van der Waals surface area contributed by atoms with Gasteiger partial charge in [-0.05, 0) is 55.9 Å². The zero-order valence-corrected chi connectivity index (χ0v) is 15.9. The standard InChI is InChI=1S/C20H26N4O.ClH/c1-14(15-7-9-17(10-8-15)24-12-4-11-21-24)22-20(25)19-13-16-5-2-3-6-18(16)23-19;/h4,7-12,14,16,18-19,23H,2-3,5-6,13H2,1H3,(H,22,25);1H. The minimum atomic E-state index is -0.0288. The van der Waals surface area contributed by atoms with E-state index in [-0.39, 0.29) is 30.4 Å². The van der Waals surface area contributed by atoms with E-state index in [0.717, 1.165) is 17.7 Å². The van der Waals surface area contributed by atoms with Crippen LogP contribution >= 0.6 is 12.4 Å². The Hall–Kier alpha value is -1.85. The van der Waals surface area contributed by atoms with E-state index >= 15 is 0 Å². The van der Waals surface area contributed by atoms with Crippen molar-refractivity contribution in [2.45, 2.75) is 57.2 Å². The normalized spacial score (nSPS) is 25.8. The Morgan fingerprint density at radius 2 is 2.04 bits per heavy atom. The summed E-state index contributed by atoms with van der Waals surface area (Å²) >= 11 is 0. The van der Waals surface area contributed by atoms with Crippen molar-refractivity contribution in [2.24, 2.45) is 5.92 Å². The maximum absolute atomic E-state index is 12.6. The van der Waals surface area contributed by atoms with Gasteiger partial charge in [-0.1, -0.05) is 25.0 Å². The maximum atomic E-state index is 12.6. The summed E-state index contributed by atoms with van der Waals surface area (Å²) in [5.41, 5.74) is 2.13. The molecule has 0 radical (unpaired) electrons. The Kier molecular flexibility index (Phi) is 5.99. The van der Waals surface area contributed by atoms with Gasteiger partial charge in [0.15, 0.2) is 0 Å². The van der Waals surface area contributed by atoms with Crippen molar-refractivity contribution >= 4 is 18.3 Å². The largest absolute Gasteiger partial charge is 0.348 e. The first kappa shape index (κ1) is 18.9.